The summed E-state index contributed by atoms with van der Waals surface area (Å²) in [7, 11) is 0. The van der Waals surface area contributed by atoms with Gasteiger partial charge in [-0.25, -0.2) is 0 Å². The Balaban J connectivity index is 2.20. The molecule has 0 aromatic carbocycles. The van der Waals surface area contributed by atoms with E-state index in [-0.39, 0.29) is 5.91 Å². The van der Waals surface area contributed by atoms with Crippen LogP contribution in [0.1, 0.15) is 33.6 Å². The van der Waals surface area contributed by atoms with Crippen molar-refractivity contribution in [3.05, 3.63) is 16.0 Å². The smallest absolute Gasteiger partial charge is 0.254 e. The molecular formula is C12H16N2O3S. The van der Waals surface area contributed by atoms with Crippen LogP contribution in [0.3, 0.4) is 0 Å². The van der Waals surface area contributed by atoms with Crippen molar-refractivity contribution < 1.29 is 14.3 Å². The fraction of sp³-hybridized carbons (Fsp3) is 0.500. The Morgan fingerprint density at radius 2 is 2.17 bits per heavy atom. The number of ether oxygens (including phenoxy) is 1. The molecule has 1 aromatic rings. The minimum absolute atomic E-state index is 0.198. The molecule has 98 valence electrons. The molecule has 2 rings (SSSR count). The molecule has 5 nitrogen and oxygen atoms in total. The van der Waals surface area contributed by atoms with Gasteiger partial charge in [0.2, 0.25) is 0 Å². The molecule has 3 N–H and O–H groups in total. The first kappa shape index (κ1) is 13.0. The summed E-state index contributed by atoms with van der Waals surface area (Å²) < 4.78 is 5.30. The molecule has 0 unspecified atom stereocenters. The highest BCUT2D eigenvalue weighted by atomic mass is 32.1. The second kappa shape index (κ2) is 5.07. The number of carbonyl (C=O) groups excluding carboxylic acids is 2. The minimum Gasteiger partial charge on any atom is -0.368 e. The van der Waals surface area contributed by atoms with Gasteiger partial charge in [0.15, 0.2) is 0 Å². The van der Waals surface area contributed by atoms with Crippen molar-refractivity contribution in [2.45, 2.75) is 32.8 Å². The van der Waals surface area contributed by atoms with Crippen LogP contribution in [0.25, 0.3) is 0 Å². The summed E-state index contributed by atoms with van der Waals surface area (Å²) in [6.45, 7) is 4.34. The summed E-state index contributed by atoms with van der Waals surface area (Å²) in [5.74, 6) is -0.712. The van der Waals surface area contributed by atoms with Gasteiger partial charge in [0.05, 0.1) is 5.56 Å². The van der Waals surface area contributed by atoms with Crippen LogP contribution in [-0.4, -0.2) is 24.5 Å². The molecule has 1 fully saturated rings. The van der Waals surface area contributed by atoms with Gasteiger partial charge in [0, 0.05) is 11.5 Å². The van der Waals surface area contributed by atoms with Crippen molar-refractivity contribution in [2.75, 3.05) is 11.9 Å². The predicted octanol–water partition coefficient (Wildman–Crippen LogP) is 1.58. The maximum absolute atomic E-state index is 11.9. The highest BCUT2D eigenvalue weighted by Crippen LogP contribution is 2.32. The van der Waals surface area contributed by atoms with Crippen LogP contribution < -0.4 is 11.1 Å². The third-order valence-corrected chi connectivity index (χ3v) is 4.21. The number of rotatable bonds is 3. The molecular weight excluding hydrogens is 252 g/mol. The van der Waals surface area contributed by atoms with Crippen molar-refractivity contribution in [3.8, 4) is 0 Å². The molecule has 1 aromatic heterocycles. The van der Waals surface area contributed by atoms with Crippen LogP contribution in [-0.2, 0) is 9.53 Å². The third kappa shape index (κ3) is 2.39. The van der Waals surface area contributed by atoms with Crippen LogP contribution in [0.5, 0.6) is 0 Å². The van der Waals surface area contributed by atoms with Crippen molar-refractivity contribution >= 4 is 28.2 Å². The summed E-state index contributed by atoms with van der Waals surface area (Å²) in [6.07, 6.45) is 1.21. The lowest BCUT2D eigenvalue weighted by Crippen LogP contribution is -2.27. The number of amides is 2. The molecule has 1 aliphatic heterocycles. The van der Waals surface area contributed by atoms with E-state index in [9.17, 15) is 9.59 Å². The van der Waals surface area contributed by atoms with Crippen molar-refractivity contribution in [1.82, 2.24) is 0 Å². The van der Waals surface area contributed by atoms with Gasteiger partial charge in [-0.2, -0.15) is 0 Å². The van der Waals surface area contributed by atoms with E-state index >= 15 is 0 Å². The molecule has 1 atom stereocenters. The van der Waals surface area contributed by atoms with Crippen LogP contribution in [0.4, 0.5) is 5.00 Å². The van der Waals surface area contributed by atoms with E-state index in [2.05, 4.69) is 5.32 Å². The van der Waals surface area contributed by atoms with E-state index in [0.29, 0.717) is 17.2 Å². The van der Waals surface area contributed by atoms with Crippen molar-refractivity contribution in [2.24, 2.45) is 5.73 Å². The monoisotopic (exact) mass is 268 g/mol. The Labute approximate surface area is 109 Å². The average molecular weight is 268 g/mol. The molecule has 2 amide bonds. The summed E-state index contributed by atoms with van der Waals surface area (Å²) in [5.41, 5.74) is 6.58. The average Bonchev–Trinajstić information content (AvgIpc) is 2.88. The van der Waals surface area contributed by atoms with Crippen LogP contribution in [0, 0.1) is 13.8 Å². The van der Waals surface area contributed by atoms with Crippen molar-refractivity contribution in [1.29, 1.82) is 0 Å². The number of hydrogen-bond acceptors (Lipinski definition) is 4. The summed E-state index contributed by atoms with van der Waals surface area (Å²) in [5, 5.41) is 3.28. The molecule has 18 heavy (non-hydrogen) atoms. The third-order valence-electron chi connectivity index (χ3n) is 3.09. The van der Waals surface area contributed by atoms with Gasteiger partial charge in [-0.05, 0) is 32.3 Å². The maximum atomic E-state index is 11.9. The zero-order chi connectivity index (χ0) is 13.3. The number of anilines is 1. The molecule has 6 heteroatoms. The molecule has 2 heterocycles. The zero-order valence-electron chi connectivity index (χ0n) is 10.4. The molecule has 0 radical (unpaired) electrons. The second-order valence-electron chi connectivity index (χ2n) is 4.34. The van der Waals surface area contributed by atoms with Gasteiger partial charge >= 0.3 is 0 Å². The summed E-state index contributed by atoms with van der Waals surface area (Å²) in [6, 6.07) is 0. The number of nitrogens with two attached hydrogens (primary N) is 1. The molecule has 0 aliphatic carbocycles. The Bertz CT molecular complexity index is 490. The van der Waals surface area contributed by atoms with Crippen LogP contribution in [0.2, 0.25) is 0 Å². The maximum Gasteiger partial charge on any atom is 0.254 e. The first-order valence-corrected chi connectivity index (χ1v) is 6.64. The van der Waals surface area contributed by atoms with Crippen molar-refractivity contribution in [3.63, 3.8) is 0 Å². The number of aryl methyl sites for hydroxylation is 1. The van der Waals surface area contributed by atoms with Crippen LogP contribution >= 0.6 is 11.3 Å². The first-order chi connectivity index (χ1) is 8.50. The fourth-order valence-electron chi connectivity index (χ4n) is 1.99. The lowest BCUT2D eigenvalue weighted by Gasteiger charge is -2.09. The minimum atomic E-state index is -0.514. The predicted molar refractivity (Wildman–Crippen MR) is 69.9 cm³/mol. The molecule has 0 saturated carbocycles. The van der Waals surface area contributed by atoms with E-state index in [1.165, 1.54) is 11.3 Å². The Morgan fingerprint density at radius 1 is 1.44 bits per heavy atom. The molecule has 1 saturated heterocycles. The zero-order valence-corrected chi connectivity index (χ0v) is 11.2. The van der Waals surface area contributed by atoms with Gasteiger partial charge in [-0.15, -0.1) is 11.3 Å². The molecule has 0 bridgehead atoms. The van der Waals surface area contributed by atoms with E-state index < -0.39 is 12.0 Å². The highest BCUT2D eigenvalue weighted by Gasteiger charge is 2.26. The number of hydrogen-bond donors (Lipinski definition) is 2. The number of nitrogens with one attached hydrogen (secondary N) is 1. The summed E-state index contributed by atoms with van der Waals surface area (Å²) >= 11 is 1.37. The van der Waals surface area contributed by atoms with Gasteiger partial charge in [0.1, 0.15) is 11.1 Å². The highest BCUT2D eigenvalue weighted by molar-refractivity contribution is 7.16. The Kier molecular flexibility index (Phi) is 3.68. The summed E-state index contributed by atoms with van der Waals surface area (Å²) in [4.78, 5) is 24.3. The molecule has 1 aliphatic rings. The quantitative estimate of drug-likeness (QED) is 0.873. The van der Waals surface area contributed by atoms with Gasteiger partial charge in [-0.1, -0.05) is 0 Å². The lowest BCUT2D eigenvalue weighted by molar-refractivity contribution is -0.124. The topological polar surface area (TPSA) is 81.4 Å². The van der Waals surface area contributed by atoms with E-state index in [1.807, 2.05) is 13.8 Å². The number of carbonyl (C=O) groups is 2. The normalized spacial score (nSPS) is 18.9. The largest absolute Gasteiger partial charge is 0.368 e. The number of primary amides is 1. The van der Waals surface area contributed by atoms with E-state index in [1.54, 1.807) is 0 Å². The van der Waals surface area contributed by atoms with E-state index in [0.717, 1.165) is 23.3 Å². The Morgan fingerprint density at radius 3 is 2.72 bits per heavy atom. The fourth-order valence-corrected chi connectivity index (χ4v) is 3.06. The lowest BCUT2D eigenvalue weighted by atomic mass is 10.1. The standard InChI is InChI=1S/C12H16N2O3S/c1-6-7(2)18-12(9(6)10(13)15)14-11(16)8-4-3-5-17-8/h8H,3-5H2,1-2H3,(H2,13,15)(H,14,16)/t8-/m1/s1. The van der Waals surface area contributed by atoms with Gasteiger partial charge < -0.3 is 15.8 Å². The number of thiophene rings is 1. The van der Waals surface area contributed by atoms with Gasteiger partial charge in [-0.3, -0.25) is 9.59 Å². The van der Waals surface area contributed by atoms with Crippen LogP contribution in [0.15, 0.2) is 0 Å². The molecule has 0 spiro atoms. The van der Waals surface area contributed by atoms with E-state index in [4.69, 9.17) is 10.5 Å². The SMILES string of the molecule is Cc1sc(NC(=O)[C@H]2CCCO2)c(C(N)=O)c1C. The Hall–Kier alpha value is -1.40. The second-order valence-corrected chi connectivity index (χ2v) is 5.57. The van der Waals surface area contributed by atoms with Gasteiger partial charge in [0.25, 0.3) is 11.8 Å². The first-order valence-electron chi connectivity index (χ1n) is 5.83.